The van der Waals surface area contributed by atoms with E-state index >= 15 is 0 Å². The molecule has 0 aliphatic carbocycles. The van der Waals surface area contributed by atoms with Crippen LogP contribution in [-0.4, -0.2) is 25.2 Å². The number of hydrogen-bond acceptors (Lipinski definition) is 3. The Morgan fingerprint density at radius 2 is 1.74 bits per heavy atom. The number of benzene rings is 3. The minimum Gasteiger partial charge on any atom is -0.492 e. The van der Waals surface area contributed by atoms with Crippen molar-refractivity contribution in [3.05, 3.63) is 72.3 Å². The lowest BCUT2D eigenvalue weighted by Gasteiger charge is -2.18. The first-order chi connectivity index (χ1) is 13.2. The van der Waals surface area contributed by atoms with Gasteiger partial charge in [-0.15, -0.1) is 0 Å². The average molecular weight is 363 g/mol. The lowest BCUT2D eigenvalue weighted by atomic mass is 10.1. The summed E-state index contributed by atoms with van der Waals surface area (Å²) in [4.78, 5) is 12.5. The maximum absolute atomic E-state index is 12.5. The van der Waals surface area contributed by atoms with Crippen LogP contribution >= 0.6 is 0 Å². The van der Waals surface area contributed by atoms with Crippen molar-refractivity contribution < 1.29 is 14.3 Å². The molecule has 1 atom stereocenters. The van der Waals surface area contributed by atoms with Gasteiger partial charge in [-0.05, 0) is 36.9 Å². The molecule has 0 spiro atoms. The van der Waals surface area contributed by atoms with Crippen LogP contribution in [0.1, 0.15) is 18.9 Å². The fourth-order valence-electron chi connectivity index (χ4n) is 2.87. The SMILES string of the molecule is CC[C@@H](Oc1cccc2ccccc12)C(=O)NCCOc1ccc(C)cc1. The van der Waals surface area contributed by atoms with Crippen LogP contribution < -0.4 is 14.8 Å². The maximum atomic E-state index is 12.5. The lowest BCUT2D eigenvalue weighted by Crippen LogP contribution is -2.39. The molecule has 3 rings (SSSR count). The van der Waals surface area contributed by atoms with Crippen LogP contribution in [0.15, 0.2) is 66.7 Å². The zero-order valence-corrected chi connectivity index (χ0v) is 15.8. The largest absolute Gasteiger partial charge is 0.492 e. The monoisotopic (exact) mass is 363 g/mol. The summed E-state index contributed by atoms with van der Waals surface area (Å²) < 4.78 is 11.7. The van der Waals surface area contributed by atoms with Crippen molar-refractivity contribution in [2.75, 3.05) is 13.2 Å². The van der Waals surface area contributed by atoms with Crippen LogP contribution in [0.4, 0.5) is 0 Å². The summed E-state index contributed by atoms with van der Waals surface area (Å²) in [6.45, 7) is 4.82. The van der Waals surface area contributed by atoms with Gasteiger partial charge in [0.05, 0.1) is 6.54 Å². The highest BCUT2D eigenvalue weighted by Gasteiger charge is 2.18. The summed E-state index contributed by atoms with van der Waals surface area (Å²) in [5.41, 5.74) is 1.19. The molecule has 0 unspecified atom stereocenters. The molecule has 0 saturated carbocycles. The van der Waals surface area contributed by atoms with Crippen molar-refractivity contribution in [1.82, 2.24) is 5.32 Å². The van der Waals surface area contributed by atoms with Gasteiger partial charge in [0.1, 0.15) is 18.1 Å². The van der Waals surface area contributed by atoms with E-state index in [2.05, 4.69) is 5.32 Å². The lowest BCUT2D eigenvalue weighted by molar-refractivity contribution is -0.128. The molecular formula is C23H25NO3. The van der Waals surface area contributed by atoms with E-state index in [1.54, 1.807) is 0 Å². The van der Waals surface area contributed by atoms with Crippen LogP contribution in [0, 0.1) is 6.92 Å². The smallest absolute Gasteiger partial charge is 0.261 e. The standard InChI is InChI=1S/C23H25NO3/c1-3-21(27-22-10-6-8-18-7-4-5-9-20(18)22)23(25)24-15-16-26-19-13-11-17(2)12-14-19/h4-14,21H,3,15-16H2,1-2H3,(H,24,25)/t21-/m1/s1. The fourth-order valence-corrected chi connectivity index (χ4v) is 2.87. The van der Waals surface area contributed by atoms with E-state index in [4.69, 9.17) is 9.47 Å². The molecular weight excluding hydrogens is 338 g/mol. The molecule has 0 fully saturated rings. The minimum atomic E-state index is -0.532. The molecule has 0 aromatic heterocycles. The second-order valence-electron chi connectivity index (χ2n) is 6.44. The summed E-state index contributed by atoms with van der Waals surface area (Å²) in [5.74, 6) is 1.40. The van der Waals surface area contributed by atoms with Crippen molar-refractivity contribution in [2.45, 2.75) is 26.4 Å². The number of nitrogens with one attached hydrogen (secondary N) is 1. The number of aryl methyl sites for hydroxylation is 1. The molecule has 0 heterocycles. The summed E-state index contributed by atoms with van der Waals surface area (Å²) in [7, 11) is 0. The van der Waals surface area contributed by atoms with Crippen LogP contribution in [0.25, 0.3) is 10.8 Å². The van der Waals surface area contributed by atoms with E-state index in [-0.39, 0.29) is 5.91 Å². The van der Waals surface area contributed by atoms with Crippen LogP contribution in [0.5, 0.6) is 11.5 Å². The van der Waals surface area contributed by atoms with Gasteiger partial charge in [-0.25, -0.2) is 0 Å². The molecule has 0 saturated heterocycles. The van der Waals surface area contributed by atoms with E-state index in [9.17, 15) is 4.79 Å². The Labute approximate surface area is 160 Å². The second kappa shape index (κ2) is 9.08. The molecule has 0 aliphatic heterocycles. The van der Waals surface area contributed by atoms with Gasteiger partial charge in [0.25, 0.3) is 5.91 Å². The predicted molar refractivity (Wildman–Crippen MR) is 108 cm³/mol. The van der Waals surface area contributed by atoms with Crippen LogP contribution in [0.2, 0.25) is 0 Å². The van der Waals surface area contributed by atoms with E-state index < -0.39 is 6.10 Å². The van der Waals surface area contributed by atoms with Gasteiger partial charge >= 0.3 is 0 Å². The Hall–Kier alpha value is -3.01. The maximum Gasteiger partial charge on any atom is 0.261 e. The number of ether oxygens (including phenoxy) is 2. The van der Waals surface area contributed by atoms with Gasteiger partial charge in [-0.3, -0.25) is 4.79 Å². The van der Waals surface area contributed by atoms with E-state index in [1.165, 1.54) is 5.56 Å². The Bertz CT molecular complexity index is 884. The van der Waals surface area contributed by atoms with Gasteiger partial charge in [-0.2, -0.15) is 0 Å². The Kier molecular flexibility index (Phi) is 6.31. The number of fused-ring (bicyclic) bond motifs is 1. The van der Waals surface area contributed by atoms with Crippen molar-refractivity contribution in [1.29, 1.82) is 0 Å². The van der Waals surface area contributed by atoms with E-state index in [0.29, 0.717) is 19.6 Å². The summed E-state index contributed by atoms with van der Waals surface area (Å²) >= 11 is 0. The van der Waals surface area contributed by atoms with Crippen molar-refractivity contribution in [3.63, 3.8) is 0 Å². The molecule has 1 amide bonds. The molecule has 3 aromatic rings. The molecule has 0 radical (unpaired) electrons. The first kappa shape index (κ1) is 18.8. The molecule has 3 aromatic carbocycles. The van der Waals surface area contributed by atoms with Gasteiger partial charge in [0, 0.05) is 5.39 Å². The molecule has 4 heteroatoms. The van der Waals surface area contributed by atoms with Crippen molar-refractivity contribution in [2.24, 2.45) is 0 Å². The summed E-state index contributed by atoms with van der Waals surface area (Å²) in [6, 6.07) is 21.7. The van der Waals surface area contributed by atoms with Gasteiger partial charge in [0.15, 0.2) is 6.10 Å². The highest BCUT2D eigenvalue weighted by molar-refractivity contribution is 5.89. The minimum absolute atomic E-state index is 0.127. The Balaban J connectivity index is 1.53. The van der Waals surface area contributed by atoms with Crippen molar-refractivity contribution >= 4 is 16.7 Å². The van der Waals surface area contributed by atoms with E-state index in [0.717, 1.165) is 22.3 Å². The quantitative estimate of drug-likeness (QED) is 0.600. The number of hydrogen-bond donors (Lipinski definition) is 1. The third-order valence-electron chi connectivity index (χ3n) is 4.37. The first-order valence-corrected chi connectivity index (χ1v) is 9.29. The summed E-state index contributed by atoms with van der Waals surface area (Å²) in [5, 5.41) is 5.00. The number of carbonyl (C=O) groups excluding carboxylic acids is 1. The normalized spacial score (nSPS) is 11.8. The highest BCUT2D eigenvalue weighted by Crippen LogP contribution is 2.26. The average Bonchev–Trinajstić information content (AvgIpc) is 2.70. The van der Waals surface area contributed by atoms with Crippen molar-refractivity contribution in [3.8, 4) is 11.5 Å². The third kappa shape index (κ3) is 5.00. The fraction of sp³-hybridized carbons (Fsp3) is 0.261. The number of rotatable bonds is 8. The number of carbonyl (C=O) groups is 1. The van der Waals surface area contributed by atoms with Gasteiger partial charge < -0.3 is 14.8 Å². The molecule has 140 valence electrons. The molecule has 27 heavy (non-hydrogen) atoms. The van der Waals surface area contributed by atoms with Gasteiger partial charge in [-0.1, -0.05) is 61.0 Å². The van der Waals surface area contributed by atoms with E-state index in [1.807, 2.05) is 80.6 Å². The first-order valence-electron chi connectivity index (χ1n) is 9.29. The van der Waals surface area contributed by atoms with Crippen LogP contribution in [-0.2, 0) is 4.79 Å². The zero-order valence-electron chi connectivity index (χ0n) is 15.8. The highest BCUT2D eigenvalue weighted by atomic mass is 16.5. The molecule has 0 bridgehead atoms. The predicted octanol–water partition coefficient (Wildman–Crippen LogP) is 4.50. The summed E-state index contributed by atoms with van der Waals surface area (Å²) in [6.07, 6.45) is 0.0589. The van der Waals surface area contributed by atoms with Crippen LogP contribution in [0.3, 0.4) is 0 Å². The molecule has 4 nitrogen and oxygen atoms in total. The zero-order chi connectivity index (χ0) is 19.1. The molecule has 1 N–H and O–H groups in total. The molecule has 0 aliphatic rings. The Morgan fingerprint density at radius 1 is 1.00 bits per heavy atom. The third-order valence-corrected chi connectivity index (χ3v) is 4.37. The number of amides is 1. The topological polar surface area (TPSA) is 47.6 Å². The second-order valence-corrected chi connectivity index (χ2v) is 6.44. The Morgan fingerprint density at radius 3 is 2.52 bits per heavy atom. The van der Waals surface area contributed by atoms with Gasteiger partial charge in [0.2, 0.25) is 0 Å².